The first-order valence-electron chi connectivity index (χ1n) is 7.41. The molecule has 0 bridgehead atoms. The van der Waals surface area contributed by atoms with E-state index < -0.39 is 10.0 Å². The zero-order valence-electron chi connectivity index (χ0n) is 13.4. The van der Waals surface area contributed by atoms with Gasteiger partial charge in [0.05, 0.1) is 4.90 Å². The molecule has 0 fully saturated rings. The van der Waals surface area contributed by atoms with Gasteiger partial charge in [0.2, 0.25) is 10.0 Å². The fraction of sp³-hybridized carbons (Fsp3) is 0.625. The SMILES string of the molecule is CCC(CCO)CNS(=O)(=O)c1ccc(C(C)(C)C)cc1. The normalized spacial score (nSPS) is 14.1. The van der Waals surface area contributed by atoms with Crippen LogP contribution in [0.5, 0.6) is 0 Å². The monoisotopic (exact) mass is 313 g/mol. The first kappa shape index (κ1) is 18.1. The van der Waals surface area contributed by atoms with E-state index in [4.69, 9.17) is 5.11 Å². The summed E-state index contributed by atoms with van der Waals surface area (Å²) in [6, 6.07) is 7.02. The Morgan fingerprint density at radius 1 is 1.19 bits per heavy atom. The molecule has 2 N–H and O–H groups in total. The van der Waals surface area contributed by atoms with Gasteiger partial charge in [-0.3, -0.25) is 0 Å². The number of hydrogen-bond donors (Lipinski definition) is 2. The highest BCUT2D eigenvalue weighted by Gasteiger charge is 2.18. The average Bonchev–Trinajstić information content (AvgIpc) is 2.42. The maximum Gasteiger partial charge on any atom is 0.240 e. The first-order chi connectivity index (χ1) is 9.70. The molecular weight excluding hydrogens is 286 g/mol. The molecule has 21 heavy (non-hydrogen) atoms. The molecule has 0 aromatic heterocycles. The molecule has 1 unspecified atom stereocenters. The second kappa shape index (κ2) is 7.38. The van der Waals surface area contributed by atoms with Crippen LogP contribution in [-0.4, -0.2) is 26.7 Å². The van der Waals surface area contributed by atoms with E-state index >= 15 is 0 Å². The van der Waals surface area contributed by atoms with E-state index in [9.17, 15) is 8.42 Å². The summed E-state index contributed by atoms with van der Waals surface area (Å²) in [7, 11) is -3.48. The van der Waals surface area contributed by atoms with E-state index in [1.54, 1.807) is 12.1 Å². The van der Waals surface area contributed by atoms with Crippen molar-refractivity contribution in [1.29, 1.82) is 0 Å². The summed E-state index contributed by atoms with van der Waals surface area (Å²) in [5.41, 5.74) is 1.11. The van der Waals surface area contributed by atoms with Gasteiger partial charge < -0.3 is 5.11 Å². The third kappa shape index (κ3) is 5.41. The molecule has 1 aromatic carbocycles. The third-order valence-corrected chi connectivity index (χ3v) is 5.15. The molecule has 0 aliphatic carbocycles. The van der Waals surface area contributed by atoms with Crippen molar-refractivity contribution in [3.8, 4) is 0 Å². The van der Waals surface area contributed by atoms with E-state index in [0.29, 0.717) is 13.0 Å². The van der Waals surface area contributed by atoms with E-state index in [-0.39, 0.29) is 22.8 Å². The molecule has 0 heterocycles. The predicted octanol–water partition coefficient (Wildman–Crippen LogP) is 2.67. The van der Waals surface area contributed by atoms with Gasteiger partial charge in [0, 0.05) is 13.2 Å². The van der Waals surface area contributed by atoms with Crippen LogP contribution in [0.25, 0.3) is 0 Å². The van der Waals surface area contributed by atoms with Crippen LogP contribution in [0.15, 0.2) is 29.2 Å². The van der Waals surface area contributed by atoms with Crippen LogP contribution >= 0.6 is 0 Å². The Morgan fingerprint density at radius 2 is 1.76 bits per heavy atom. The lowest BCUT2D eigenvalue weighted by Crippen LogP contribution is -2.29. The molecule has 0 saturated carbocycles. The van der Waals surface area contributed by atoms with Crippen LogP contribution in [0.3, 0.4) is 0 Å². The molecule has 5 heteroatoms. The van der Waals surface area contributed by atoms with Crippen molar-refractivity contribution in [1.82, 2.24) is 4.72 Å². The first-order valence-corrected chi connectivity index (χ1v) is 8.90. The zero-order chi connectivity index (χ0) is 16.1. The molecule has 0 aliphatic rings. The number of hydrogen-bond acceptors (Lipinski definition) is 3. The van der Waals surface area contributed by atoms with Crippen molar-refractivity contribution in [2.75, 3.05) is 13.2 Å². The Kier molecular flexibility index (Phi) is 6.38. The molecule has 1 atom stereocenters. The summed E-state index contributed by atoms with van der Waals surface area (Å²) in [6.07, 6.45) is 1.45. The fourth-order valence-electron chi connectivity index (χ4n) is 2.08. The van der Waals surface area contributed by atoms with Gasteiger partial charge in [-0.25, -0.2) is 13.1 Å². The van der Waals surface area contributed by atoms with Crippen molar-refractivity contribution in [2.45, 2.75) is 50.8 Å². The van der Waals surface area contributed by atoms with Gasteiger partial charge in [0.15, 0.2) is 0 Å². The van der Waals surface area contributed by atoms with Gasteiger partial charge in [-0.15, -0.1) is 0 Å². The minimum atomic E-state index is -3.48. The highest BCUT2D eigenvalue weighted by Crippen LogP contribution is 2.23. The van der Waals surface area contributed by atoms with Gasteiger partial charge in [-0.2, -0.15) is 0 Å². The number of sulfonamides is 1. The average molecular weight is 313 g/mol. The fourth-order valence-corrected chi connectivity index (χ4v) is 3.19. The van der Waals surface area contributed by atoms with Crippen LogP contribution in [0.1, 0.15) is 46.1 Å². The van der Waals surface area contributed by atoms with Crippen molar-refractivity contribution in [3.05, 3.63) is 29.8 Å². The highest BCUT2D eigenvalue weighted by molar-refractivity contribution is 7.89. The summed E-state index contributed by atoms with van der Waals surface area (Å²) >= 11 is 0. The van der Waals surface area contributed by atoms with Crippen LogP contribution < -0.4 is 4.72 Å². The maximum atomic E-state index is 12.2. The Hall–Kier alpha value is -0.910. The van der Waals surface area contributed by atoms with E-state index in [2.05, 4.69) is 25.5 Å². The largest absolute Gasteiger partial charge is 0.396 e. The van der Waals surface area contributed by atoms with Gasteiger partial charge in [0.1, 0.15) is 0 Å². The van der Waals surface area contributed by atoms with Crippen LogP contribution in [0.2, 0.25) is 0 Å². The van der Waals surface area contributed by atoms with E-state index in [1.165, 1.54) is 0 Å². The summed E-state index contributed by atoms with van der Waals surface area (Å²) in [5, 5.41) is 8.94. The number of nitrogens with one attached hydrogen (secondary N) is 1. The van der Waals surface area contributed by atoms with Crippen molar-refractivity contribution >= 4 is 10.0 Å². The molecule has 0 amide bonds. The highest BCUT2D eigenvalue weighted by atomic mass is 32.2. The maximum absolute atomic E-state index is 12.2. The Bertz CT molecular complexity index is 530. The summed E-state index contributed by atoms with van der Waals surface area (Å²) in [5.74, 6) is 0.165. The van der Waals surface area contributed by atoms with Gasteiger partial charge in [0.25, 0.3) is 0 Å². The lowest BCUT2D eigenvalue weighted by molar-refractivity contribution is 0.254. The van der Waals surface area contributed by atoms with Gasteiger partial charge in [-0.1, -0.05) is 46.2 Å². The smallest absolute Gasteiger partial charge is 0.240 e. The van der Waals surface area contributed by atoms with Crippen LogP contribution in [-0.2, 0) is 15.4 Å². The molecule has 4 nitrogen and oxygen atoms in total. The summed E-state index contributed by atoms with van der Waals surface area (Å²) < 4.78 is 27.1. The topological polar surface area (TPSA) is 66.4 Å². The molecule has 0 radical (unpaired) electrons. The number of aliphatic hydroxyl groups is 1. The third-order valence-electron chi connectivity index (χ3n) is 3.71. The van der Waals surface area contributed by atoms with Gasteiger partial charge >= 0.3 is 0 Å². The van der Waals surface area contributed by atoms with Gasteiger partial charge in [-0.05, 0) is 35.4 Å². The minimum Gasteiger partial charge on any atom is -0.396 e. The number of benzene rings is 1. The van der Waals surface area contributed by atoms with Crippen LogP contribution in [0, 0.1) is 5.92 Å². The van der Waals surface area contributed by atoms with Crippen molar-refractivity contribution in [3.63, 3.8) is 0 Å². The van der Waals surface area contributed by atoms with Crippen molar-refractivity contribution < 1.29 is 13.5 Å². The molecular formula is C16H27NO3S. The second-order valence-corrected chi connectivity index (χ2v) is 8.18. The van der Waals surface area contributed by atoms with E-state index in [1.807, 2.05) is 19.1 Å². The van der Waals surface area contributed by atoms with E-state index in [0.717, 1.165) is 12.0 Å². The summed E-state index contributed by atoms with van der Waals surface area (Å²) in [4.78, 5) is 0.286. The second-order valence-electron chi connectivity index (χ2n) is 6.41. The molecule has 1 aromatic rings. The lowest BCUT2D eigenvalue weighted by Gasteiger charge is -2.19. The number of aliphatic hydroxyl groups excluding tert-OH is 1. The molecule has 120 valence electrons. The predicted molar refractivity (Wildman–Crippen MR) is 85.8 cm³/mol. The summed E-state index contributed by atoms with van der Waals surface area (Å²) in [6.45, 7) is 8.72. The zero-order valence-corrected chi connectivity index (χ0v) is 14.2. The molecule has 1 rings (SSSR count). The molecule has 0 saturated heterocycles. The lowest BCUT2D eigenvalue weighted by atomic mass is 9.87. The minimum absolute atomic E-state index is 0.00412. The molecule has 0 spiro atoms. The Labute approximate surface area is 128 Å². The quantitative estimate of drug-likeness (QED) is 0.813. The van der Waals surface area contributed by atoms with Crippen molar-refractivity contribution in [2.24, 2.45) is 5.92 Å². The number of rotatable bonds is 7. The van der Waals surface area contributed by atoms with Crippen LogP contribution in [0.4, 0.5) is 0 Å². The Balaban J connectivity index is 2.79. The molecule has 0 aliphatic heterocycles. The standard InChI is InChI=1S/C16H27NO3S/c1-5-13(10-11-18)12-17-21(19,20)15-8-6-14(7-9-15)16(2,3)4/h6-9,13,17-18H,5,10-12H2,1-4H3. The Morgan fingerprint density at radius 3 is 2.19 bits per heavy atom.